The van der Waals surface area contributed by atoms with Crippen LogP contribution < -0.4 is 0 Å². The molecular formula is C30H43NO2. The summed E-state index contributed by atoms with van der Waals surface area (Å²) in [4.78, 5) is 12.4. The van der Waals surface area contributed by atoms with Crippen LogP contribution in [0, 0.1) is 20.8 Å². The van der Waals surface area contributed by atoms with Gasteiger partial charge in [-0.15, -0.1) is 0 Å². The molecule has 0 aliphatic rings. The van der Waals surface area contributed by atoms with Crippen LogP contribution >= 0.6 is 0 Å². The van der Waals surface area contributed by atoms with Gasteiger partial charge >= 0.3 is 5.97 Å². The van der Waals surface area contributed by atoms with Gasteiger partial charge < -0.3 is 10.0 Å². The van der Waals surface area contributed by atoms with Gasteiger partial charge in [-0.3, -0.25) is 4.79 Å². The minimum atomic E-state index is -0.783. The molecule has 0 saturated heterocycles. The van der Waals surface area contributed by atoms with E-state index >= 15 is 0 Å². The van der Waals surface area contributed by atoms with Crippen LogP contribution in [0.25, 0.3) is 0 Å². The number of aryl methyl sites for hydroxylation is 4. The number of hydrogen-bond acceptors (Lipinski definition) is 2. The molecule has 3 nitrogen and oxygen atoms in total. The SMILES string of the molecule is CC(C)N(C)C.CCc1ccc(C)cc1.Cc1ccc(CC(=O)O)cc1.Cc1ccccc1. The summed E-state index contributed by atoms with van der Waals surface area (Å²) < 4.78 is 0. The normalized spacial score (nSPS) is 9.64. The van der Waals surface area contributed by atoms with Crippen molar-refractivity contribution in [2.75, 3.05) is 14.1 Å². The van der Waals surface area contributed by atoms with E-state index in [-0.39, 0.29) is 6.42 Å². The summed E-state index contributed by atoms with van der Waals surface area (Å²) in [7, 11) is 4.15. The number of carboxylic acid groups (broad SMARTS) is 1. The number of rotatable bonds is 4. The lowest BCUT2D eigenvalue weighted by Crippen LogP contribution is -2.20. The van der Waals surface area contributed by atoms with E-state index in [4.69, 9.17) is 5.11 Å². The summed E-state index contributed by atoms with van der Waals surface area (Å²) in [5, 5.41) is 8.44. The van der Waals surface area contributed by atoms with Crippen LogP contribution in [-0.2, 0) is 17.6 Å². The van der Waals surface area contributed by atoms with Gasteiger partial charge in [-0.2, -0.15) is 0 Å². The number of benzene rings is 3. The zero-order valence-electron chi connectivity index (χ0n) is 21.8. The highest BCUT2D eigenvalue weighted by Crippen LogP contribution is 2.03. The van der Waals surface area contributed by atoms with E-state index < -0.39 is 5.97 Å². The molecule has 1 N–H and O–H groups in total. The van der Waals surface area contributed by atoms with Crippen molar-refractivity contribution < 1.29 is 9.90 Å². The average molecular weight is 450 g/mol. The van der Waals surface area contributed by atoms with Crippen LogP contribution in [0.15, 0.2) is 78.9 Å². The van der Waals surface area contributed by atoms with E-state index in [0.29, 0.717) is 6.04 Å². The van der Waals surface area contributed by atoms with Gasteiger partial charge in [0.1, 0.15) is 0 Å². The van der Waals surface area contributed by atoms with Crippen LogP contribution in [0.2, 0.25) is 0 Å². The summed E-state index contributed by atoms with van der Waals surface area (Å²) >= 11 is 0. The van der Waals surface area contributed by atoms with E-state index in [1.165, 1.54) is 16.7 Å². The molecule has 0 aliphatic carbocycles. The number of carboxylic acids is 1. The third kappa shape index (κ3) is 17.3. The molecule has 180 valence electrons. The first kappa shape index (κ1) is 30.1. The van der Waals surface area contributed by atoms with Crippen molar-refractivity contribution in [2.45, 2.75) is 60.4 Å². The van der Waals surface area contributed by atoms with E-state index in [9.17, 15) is 4.79 Å². The average Bonchev–Trinajstić information content (AvgIpc) is 2.77. The smallest absolute Gasteiger partial charge is 0.307 e. The number of carbonyl (C=O) groups is 1. The zero-order valence-corrected chi connectivity index (χ0v) is 21.8. The largest absolute Gasteiger partial charge is 0.481 e. The maximum atomic E-state index is 10.3. The second-order valence-electron chi connectivity index (χ2n) is 8.61. The van der Waals surface area contributed by atoms with Gasteiger partial charge in [0.15, 0.2) is 0 Å². The molecule has 3 heteroatoms. The van der Waals surface area contributed by atoms with Gasteiger partial charge in [-0.05, 0) is 66.3 Å². The molecule has 0 spiro atoms. The Bertz CT molecular complexity index is 861. The summed E-state index contributed by atoms with van der Waals surface area (Å²) in [5.74, 6) is -0.783. The van der Waals surface area contributed by atoms with E-state index in [0.717, 1.165) is 17.5 Å². The fraction of sp³-hybridized carbons (Fsp3) is 0.367. The van der Waals surface area contributed by atoms with Gasteiger partial charge in [-0.25, -0.2) is 0 Å². The van der Waals surface area contributed by atoms with Gasteiger partial charge in [-0.1, -0.05) is 102 Å². The minimum absolute atomic E-state index is 0.111. The first-order chi connectivity index (χ1) is 15.5. The Morgan fingerprint density at radius 1 is 0.727 bits per heavy atom. The molecule has 3 aromatic carbocycles. The van der Waals surface area contributed by atoms with E-state index in [2.05, 4.69) is 90.0 Å². The minimum Gasteiger partial charge on any atom is -0.481 e. The molecule has 0 unspecified atom stereocenters. The van der Waals surface area contributed by atoms with Crippen LogP contribution in [0.1, 0.15) is 48.6 Å². The zero-order chi connectivity index (χ0) is 25.2. The highest BCUT2D eigenvalue weighted by molar-refractivity contribution is 5.70. The van der Waals surface area contributed by atoms with Crippen molar-refractivity contribution >= 4 is 5.97 Å². The lowest BCUT2D eigenvalue weighted by molar-refractivity contribution is -0.136. The molecule has 3 rings (SSSR count). The van der Waals surface area contributed by atoms with Crippen LogP contribution in [-0.4, -0.2) is 36.1 Å². The quantitative estimate of drug-likeness (QED) is 0.460. The summed E-state index contributed by atoms with van der Waals surface area (Å²) in [6.07, 6.45) is 1.25. The van der Waals surface area contributed by atoms with Crippen molar-refractivity contribution in [3.8, 4) is 0 Å². The Kier molecular flexibility index (Phi) is 16.1. The summed E-state index contributed by atoms with van der Waals surface area (Å²) in [6.45, 7) is 12.7. The predicted octanol–water partition coefficient (Wildman–Crippen LogP) is 7.13. The molecule has 0 aliphatic heterocycles. The summed E-state index contributed by atoms with van der Waals surface area (Å²) in [6, 6.07) is 27.1. The van der Waals surface area contributed by atoms with E-state index in [1.54, 1.807) is 0 Å². The second-order valence-corrected chi connectivity index (χ2v) is 8.61. The molecule has 33 heavy (non-hydrogen) atoms. The Balaban J connectivity index is 0.000000425. The molecule has 0 bridgehead atoms. The Morgan fingerprint density at radius 3 is 1.36 bits per heavy atom. The van der Waals surface area contributed by atoms with Gasteiger partial charge in [0.05, 0.1) is 6.42 Å². The van der Waals surface area contributed by atoms with Gasteiger partial charge in [0, 0.05) is 6.04 Å². The van der Waals surface area contributed by atoms with Gasteiger partial charge in [0.2, 0.25) is 0 Å². The molecular weight excluding hydrogens is 406 g/mol. The maximum Gasteiger partial charge on any atom is 0.307 e. The summed E-state index contributed by atoms with van der Waals surface area (Å²) in [5.41, 5.74) is 6.08. The third-order valence-corrected chi connectivity index (χ3v) is 4.98. The third-order valence-electron chi connectivity index (χ3n) is 4.98. The molecule has 0 heterocycles. The topological polar surface area (TPSA) is 40.5 Å². The molecule has 0 aromatic heterocycles. The van der Waals surface area contributed by atoms with Crippen LogP contribution in [0.5, 0.6) is 0 Å². The monoisotopic (exact) mass is 449 g/mol. The molecule has 0 radical (unpaired) electrons. The van der Waals surface area contributed by atoms with Crippen molar-refractivity contribution in [3.05, 3.63) is 107 Å². The lowest BCUT2D eigenvalue weighted by Gasteiger charge is -2.12. The van der Waals surface area contributed by atoms with Crippen LogP contribution in [0.3, 0.4) is 0 Å². The van der Waals surface area contributed by atoms with Gasteiger partial charge in [0.25, 0.3) is 0 Å². The molecule has 3 aromatic rings. The Hall–Kier alpha value is -2.91. The number of hydrogen-bond donors (Lipinski definition) is 1. The number of aliphatic carboxylic acids is 1. The molecule has 0 atom stereocenters. The van der Waals surface area contributed by atoms with Crippen molar-refractivity contribution in [3.63, 3.8) is 0 Å². The predicted molar refractivity (Wildman–Crippen MR) is 143 cm³/mol. The Morgan fingerprint density at radius 2 is 1.09 bits per heavy atom. The Labute approximate surface area is 202 Å². The van der Waals surface area contributed by atoms with Crippen molar-refractivity contribution in [2.24, 2.45) is 0 Å². The molecule has 0 amide bonds. The number of nitrogens with zero attached hydrogens (tertiary/aromatic N) is 1. The first-order valence-corrected chi connectivity index (χ1v) is 11.6. The fourth-order valence-electron chi connectivity index (χ4n) is 2.24. The molecule has 0 saturated carbocycles. The highest BCUT2D eigenvalue weighted by atomic mass is 16.4. The van der Waals surface area contributed by atoms with Crippen LogP contribution in [0.4, 0.5) is 0 Å². The highest BCUT2D eigenvalue weighted by Gasteiger charge is 1.98. The fourth-order valence-corrected chi connectivity index (χ4v) is 2.24. The first-order valence-electron chi connectivity index (χ1n) is 11.6. The molecule has 0 fully saturated rings. The standard InChI is InChI=1S/C9H10O2.C9H12.C7H8.C5H13N/c1-7-2-4-8(5-3-7)6-9(10)11;1-3-9-6-4-8(2)5-7-9;1-7-5-3-2-4-6-7;1-5(2)6(3)4/h2-5H,6H2,1H3,(H,10,11);4-7H,3H2,1-2H3;2-6H,1H3;5H,1-4H3. The van der Waals surface area contributed by atoms with Crippen molar-refractivity contribution in [1.29, 1.82) is 0 Å². The lowest BCUT2D eigenvalue weighted by atomic mass is 10.1. The maximum absolute atomic E-state index is 10.3. The van der Waals surface area contributed by atoms with E-state index in [1.807, 2.05) is 49.4 Å². The second kappa shape index (κ2) is 17.6. The van der Waals surface area contributed by atoms with Crippen molar-refractivity contribution in [1.82, 2.24) is 4.90 Å².